The maximum atomic E-state index is 13.3. The molecule has 0 aromatic carbocycles. The van der Waals surface area contributed by atoms with Crippen molar-refractivity contribution in [2.24, 2.45) is 11.8 Å². The number of amides is 3. The number of urea groups is 1. The Balaban J connectivity index is 1.50. The SMILES string of the molecule is CCN(C(=O)NCCOCCN(C)C)C(=O)[C@@H]1C[C@@H]2CC3(CC[C@H]2N(C)C1)OCCO3. The molecule has 31 heavy (non-hydrogen) atoms. The molecular formula is C22H40N4O5. The fraction of sp³-hybridized carbons (Fsp3) is 0.909. The van der Waals surface area contributed by atoms with E-state index >= 15 is 0 Å². The average molecular weight is 441 g/mol. The molecule has 3 aliphatic rings. The number of nitrogens with one attached hydrogen (secondary N) is 1. The van der Waals surface area contributed by atoms with E-state index in [1.54, 1.807) is 0 Å². The van der Waals surface area contributed by atoms with Crippen LogP contribution >= 0.6 is 0 Å². The van der Waals surface area contributed by atoms with Crippen molar-refractivity contribution in [1.82, 2.24) is 20.0 Å². The highest BCUT2D eigenvalue weighted by molar-refractivity contribution is 5.95. The Morgan fingerprint density at radius 1 is 1.23 bits per heavy atom. The molecule has 9 nitrogen and oxygen atoms in total. The van der Waals surface area contributed by atoms with E-state index in [0.29, 0.717) is 58.0 Å². The summed E-state index contributed by atoms with van der Waals surface area (Å²) < 4.78 is 17.4. The summed E-state index contributed by atoms with van der Waals surface area (Å²) in [6.45, 7) is 6.47. The number of hydrogen-bond acceptors (Lipinski definition) is 7. The van der Waals surface area contributed by atoms with Crippen molar-refractivity contribution >= 4 is 11.9 Å². The largest absolute Gasteiger partial charge is 0.378 e. The number of ether oxygens (including phenoxy) is 3. The molecule has 0 unspecified atom stereocenters. The van der Waals surface area contributed by atoms with Crippen molar-refractivity contribution in [2.45, 2.75) is 44.4 Å². The predicted molar refractivity (Wildman–Crippen MR) is 117 cm³/mol. The van der Waals surface area contributed by atoms with Gasteiger partial charge >= 0.3 is 6.03 Å². The molecule has 0 aromatic rings. The van der Waals surface area contributed by atoms with Gasteiger partial charge in [-0.15, -0.1) is 0 Å². The Labute approximate surface area is 186 Å². The lowest BCUT2D eigenvalue weighted by Crippen LogP contribution is -2.57. The van der Waals surface area contributed by atoms with E-state index in [0.717, 1.165) is 32.2 Å². The number of likely N-dealkylation sites (N-methyl/N-ethyl adjacent to an activating group) is 1. The maximum Gasteiger partial charge on any atom is 0.324 e. The zero-order valence-corrected chi connectivity index (χ0v) is 19.6. The van der Waals surface area contributed by atoms with Gasteiger partial charge in [0.05, 0.1) is 32.3 Å². The highest BCUT2D eigenvalue weighted by Crippen LogP contribution is 2.45. The highest BCUT2D eigenvalue weighted by atomic mass is 16.7. The molecule has 1 spiro atoms. The minimum Gasteiger partial charge on any atom is -0.378 e. The fourth-order valence-corrected chi connectivity index (χ4v) is 5.22. The van der Waals surface area contributed by atoms with Crippen LogP contribution in [-0.2, 0) is 19.0 Å². The van der Waals surface area contributed by atoms with E-state index in [-0.39, 0.29) is 17.9 Å². The quantitative estimate of drug-likeness (QED) is 0.564. The second-order valence-corrected chi connectivity index (χ2v) is 9.28. The van der Waals surface area contributed by atoms with Crippen LogP contribution < -0.4 is 5.32 Å². The van der Waals surface area contributed by atoms with Gasteiger partial charge in [0.1, 0.15) is 0 Å². The number of imide groups is 1. The van der Waals surface area contributed by atoms with Crippen LogP contribution in [0, 0.1) is 11.8 Å². The van der Waals surface area contributed by atoms with Crippen molar-refractivity contribution < 1.29 is 23.8 Å². The van der Waals surface area contributed by atoms with Crippen LogP contribution in [0.4, 0.5) is 4.79 Å². The molecule has 0 aromatic heterocycles. The summed E-state index contributed by atoms with van der Waals surface area (Å²) in [6, 6.07) is 0.113. The van der Waals surface area contributed by atoms with Crippen molar-refractivity contribution in [3.05, 3.63) is 0 Å². The van der Waals surface area contributed by atoms with Crippen LogP contribution in [0.15, 0.2) is 0 Å². The monoisotopic (exact) mass is 440 g/mol. The van der Waals surface area contributed by atoms with Gasteiger partial charge in [-0.25, -0.2) is 4.79 Å². The lowest BCUT2D eigenvalue weighted by atomic mass is 9.72. The normalized spacial score (nSPS) is 28.0. The number of rotatable bonds is 8. The standard InChI is InChI=1S/C22H40N4O5/c1-5-26(21(28)23-8-10-29-11-9-24(2)3)20(27)18-14-17-15-22(30-12-13-31-22)7-6-19(17)25(4)16-18/h17-19H,5-16H2,1-4H3,(H,23,28)/t17-,18-,19-/m1/s1. The first-order valence-corrected chi connectivity index (χ1v) is 11.6. The lowest BCUT2D eigenvalue weighted by Gasteiger charge is -2.49. The van der Waals surface area contributed by atoms with Gasteiger partial charge in [0.15, 0.2) is 5.79 Å². The summed E-state index contributed by atoms with van der Waals surface area (Å²) >= 11 is 0. The Morgan fingerprint density at radius 3 is 2.65 bits per heavy atom. The second-order valence-electron chi connectivity index (χ2n) is 9.28. The lowest BCUT2D eigenvalue weighted by molar-refractivity contribution is -0.202. The first-order chi connectivity index (χ1) is 14.8. The number of carbonyl (C=O) groups is 2. The molecule has 1 aliphatic carbocycles. The summed E-state index contributed by atoms with van der Waals surface area (Å²) in [4.78, 5) is 31.6. The molecular weight excluding hydrogens is 400 g/mol. The first-order valence-electron chi connectivity index (χ1n) is 11.6. The number of piperidine rings is 1. The molecule has 1 saturated carbocycles. The number of hydrogen-bond donors (Lipinski definition) is 1. The second kappa shape index (κ2) is 11.0. The molecule has 2 saturated heterocycles. The minimum atomic E-state index is -0.457. The van der Waals surface area contributed by atoms with Crippen LogP contribution in [0.25, 0.3) is 0 Å². The third kappa shape index (κ3) is 6.16. The molecule has 2 aliphatic heterocycles. The van der Waals surface area contributed by atoms with Gasteiger partial charge in [-0.05, 0) is 46.8 Å². The Hall–Kier alpha value is -1.26. The molecule has 0 radical (unpaired) electrons. The minimum absolute atomic E-state index is 0.0910. The summed E-state index contributed by atoms with van der Waals surface area (Å²) in [7, 11) is 6.07. The fourth-order valence-electron chi connectivity index (χ4n) is 5.22. The molecule has 178 valence electrons. The van der Waals surface area contributed by atoms with Crippen LogP contribution in [0.5, 0.6) is 0 Å². The predicted octanol–water partition coefficient (Wildman–Crippen LogP) is 0.986. The Bertz CT molecular complexity index is 611. The van der Waals surface area contributed by atoms with E-state index in [1.807, 2.05) is 25.9 Å². The van der Waals surface area contributed by atoms with Crippen molar-refractivity contribution in [3.8, 4) is 0 Å². The van der Waals surface area contributed by atoms with E-state index in [9.17, 15) is 9.59 Å². The summed E-state index contributed by atoms with van der Waals surface area (Å²) in [6.07, 6.45) is 3.54. The first kappa shape index (κ1) is 24.4. The third-order valence-electron chi connectivity index (χ3n) is 6.80. The van der Waals surface area contributed by atoms with E-state index in [1.165, 1.54) is 4.90 Å². The van der Waals surface area contributed by atoms with Gasteiger partial charge in [0.2, 0.25) is 5.91 Å². The molecule has 3 fully saturated rings. The summed E-state index contributed by atoms with van der Waals surface area (Å²) in [5.41, 5.74) is 0. The number of fused-ring (bicyclic) bond motifs is 1. The zero-order valence-electron chi connectivity index (χ0n) is 19.6. The van der Waals surface area contributed by atoms with Crippen molar-refractivity contribution in [3.63, 3.8) is 0 Å². The van der Waals surface area contributed by atoms with Gasteiger partial charge < -0.3 is 29.3 Å². The summed E-state index contributed by atoms with van der Waals surface area (Å²) in [5.74, 6) is -0.399. The molecule has 2 heterocycles. The van der Waals surface area contributed by atoms with Gasteiger partial charge in [-0.1, -0.05) is 0 Å². The molecule has 9 heteroatoms. The van der Waals surface area contributed by atoms with E-state index in [2.05, 4.69) is 17.3 Å². The van der Waals surface area contributed by atoms with Gasteiger partial charge in [0.25, 0.3) is 0 Å². The number of likely N-dealkylation sites (tertiary alicyclic amines) is 1. The summed E-state index contributed by atoms with van der Waals surface area (Å²) in [5, 5.41) is 2.82. The van der Waals surface area contributed by atoms with Crippen LogP contribution in [0.1, 0.15) is 32.6 Å². The Kier molecular flexibility index (Phi) is 8.69. The van der Waals surface area contributed by atoms with Crippen LogP contribution in [-0.4, -0.2) is 112 Å². The van der Waals surface area contributed by atoms with Crippen molar-refractivity contribution in [1.29, 1.82) is 0 Å². The molecule has 3 rings (SSSR count). The molecule has 3 atom stereocenters. The van der Waals surface area contributed by atoms with Gasteiger partial charge in [-0.2, -0.15) is 0 Å². The molecule has 0 bridgehead atoms. The molecule has 3 amide bonds. The average Bonchev–Trinajstić information content (AvgIpc) is 3.17. The Morgan fingerprint density at radius 2 is 1.97 bits per heavy atom. The van der Waals surface area contributed by atoms with Crippen LogP contribution in [0.3, 0.4) is 0 Å². The number of nitrogens with zero attached hydrogens (tertiary/aromatic N) is 3. The number of carbonyl (C=O) groups excluding carboxylic acids is 2. The van der Waals surface area contributed by atoms with E-state index in [4.69, 9.17) is 14.2 Å². The van der Waals surface area contributed by atoms with Gasteiger partial charge in [0, 0.05) is 45.1 Å². The maximum absolute atomic E-state index is 13.3. The van der Waals surface area contributed by atoms with Crippen LogP contribution in [0.2, 0.25) is 0 Å². The smallest absolute Gasteiger partial charge is 0.324 e. The van der Waals surface area contributed by atoms with E-state index < -0.39 is 5.79 Å². The highest BCUT2D eigenvalue weighted by Gasteiger charge is 2.49. The third-order valence-corrected chi connectivity index (χ3v) is 6.80. The topological polar surface area (TPSA) is 83.6 Å². The molecule has 1 N–H and O–H groups in total. The van der Waals surface area contributed by atoms with Gasteiger partial charge in [-0.3, -0.25) is 9.69 Å². The van der Waals surface area contributed by atoms with Crippen molar-refractivity contribution in [2.75, 3.05) is 73.7 Å². The zero-order chi connectivity index (χ0) is 22.4.